The highest BCUT2D eigenvalue weighted by Gasteiger charge is 2.28. The molecule has 1 rings (SSSR count). The van der Waals surface area contributed by atoms with Crippen molar-refractivity contribution in [3.8, 4) is 0 Å². The van der Waals surface area contributed by atoms with Gasteiger partial charge in [-0.3, -0.25) is 0 Å². The summed E-state index contributed by atoms with van der Waals surface area (Å²) in [5.74, 6) is 0.654. The number of hydrogen-bond acceptors (Lipinski definition) is 2. The Kier molecular flexibility index (Phi) is 2.58. The fraction of sp³-hybridized carbons (Fsp3) is 0.600. The van der Waals surface area contributed by atoms with Crippen LogP contribution in [0, 0.1) is 5.41 Å². The van der Waals surface area contributed by atoms with Crippen molar-refractivity contribution in [3.05, 3.63) is 24.2 Å². The van der Waals surface area contributed by atoms with Crippen LogP contribution in [0.3, 0.4) is 0 Å². The molecule has 0 aliphatic carbocycles. The van der Waals surface area contributed by atoms with Crippen molar-refractivity contribution in [1.29, 1.82) is 0 Å². The molecule has 1 N–H and O–H groups in total. The van der Waals surface area contributed by atoms with Crippen molar-refractivity contribution in [1.82, 2.24) is 0 Å². The van der Waals surface area contributed by atoms with Gasteiger partial charge in [0.25, 0.3) is 0 Å². The normalized spacial score (nSPS) is 14.7. The number of aliphatic hydroxyl groups excluding tert-OH is 1. The maximum Gasteiger partial charge on any atom is 0.132 e. The first-order valence-corrected chi connectivity index (χ1v) is 4.29. The standard InChI is InChI=1S/C10H16O2/c1-4-10(2,3)9(11)8-6-5-7-12-8/h5-7,9,11H,4H2,1-3H3. The van der Waals surface area contributed by atoms with Crippen LogP contribution in [-0.2, 0) is 0 Å². The molecule has 0 aliphatic heterocycles. The van der Waals surface area contributed by atoms with Crippen molar-refractivity contribution in [2.45, 2.75) is 33.3 Å². The van der Waals surface area contributed by atoms with Crippen LogP contribution in [0.2, 0.25) is 0 Å². The summed E-state index contributed by atoms with van der Waals surface area (Å²) >= 11 is 0. The third kappa shape index (κ3) is 1.69. The second kappa shape index (κ2) is 3.31. The van der Waals surface area contributed by atoms with Crippen molar-refractivity contribution in [2.75, 3.05) is 0 Å². The quantitative estimate of drug-likeness (QED) is 0.752. The Hall–Kier alpha value is -0.760. The fourth-order valence-corrected chi connectivity index (χ4v) is 1.03. The SMILES string of the molecule is CCC(C)(C)C(O)c1ccco1. The average Bonchev–Trinajstić information content (AvgIpc) is 2.55. The van der Waals surface area contributed by atoms with Crippen LogP contribution >= 0.6 is 0 Å². The second-order valence-electron chi connectivity index (χ2n) is 3.76. The molecule has 0 saturated carbocycles. The zero-order valence-electron chi connectivity index (χ0n) is 7.87. The van der Waals surface area contributed by atoms with Gasteiger partial charge in [0.2, 0.25) is 0 Å². The molecule has 1 aromatic rings. The van der Waals surface area contributed by atoms with Gasteiger partial charge in [-0.1, -0.05) is 20.8 Å². The molecule has 2 nitrogen and oxygen atoms in total. The molecule has 0 spiro atoms. The maximum atomic E-state index is 9.84. The van der Waals surface area contributed by atoms with Crippen LogP contribution in [0.1, 0.15) is 39.1 Å². The van der Waals surface area contributed by atoms with Crippen LogP contribution in [0.25, 0.3) is 0 Å². The lowest BCUT2D eigenvalue weighted by Crippen LogP contribution is -2.20. The van der Waals surface area contributed by atoms with Crippen molar-refractivity contribution >= 4 is 0 Å². The van der Waals surface area contributed by atoms with Gasteiger partial charge in [0.1, 0.15) is 11.9 Å². The van der Waals surface area contributed by atoms with E-state index >= 15 is 0 Å². The smallest absolute Gasteiger partial charge is 0.132 e. The highest BCUT2D eigenvalue weighted by Crippen LogP contribution is 2.35. The highest BCUT2D eigenvalue weighted by molar-refractivity contribution is 5.05. The summed E-state index contributed by atoms with van der Waals surface area (Å²) in [5.41, 5.74) is -0.113. The third-order valence-corrected chi connectivity index (χ3v) is 2.46. The topological polar surface area (TPSA) is 33.4 Å². The van der Waals surface area contributed by atoms with Gasteiger partial charge in [0.15, 0.2) is 0 Å². The minimum Gasteiger partial charge on any atom is -0.467 e. The summed E-state index contributed by atoms with van der Waals surface area (Å²) < 4.78 is 5.13. The molecular weight excluding hydrogens is 152 g/mol. The van der Waals surface area contributed by atoms with Gasteiger partial charge in [-0.15, -0.1) is 0 Å². The van der Waals surface area contributed by atoms with Gasteiger partial charge in [-0.2, -0.15) is 0 Å². The molecule has 1 unspecified atom stereocenters. The van der Waals surface area contributed by atoms with Gasteiger partial charge in [0, 0.05) is 0 Å². The number of aliphatic hydroxyl groups is 1. The number of rotatable bonds is 3. The van der Waals surface area contributed by atoms with Gasteiger partial charge < -0.3 is 9.52 Å². The summed E-state index contributed by atoms with van der Waals surface area (Å²) in [7, 11) is 0. The molecule has 0 amide bonds. The third-order valence-electron chi connectivity index (χ3n) is 2.46. The van der Waals surface area contributed by atoms with Crippen LogP contribution < -0.4 is 0 Å². The Morgan fingerprint density at radius 2 is 2.25 bits per heavy atom. The van der Waals surface area contributed by atoms with E-state index in [4.69, 9.17) is 4.42 Å². The van der Waals surface area contributed by atoms with Crippen molar-refractivity contribution < 1.29 is 9.52 Å². The van der Waals surface area contributed by atoms with Crippen molar-refractivity contribution in [2.24, 2.45) is 5.41 Å². The first-order valence-electron chi connectivity index (χ1n) is 4.29. The van der Waals surface area contributed by atoms with E-state index in [-0.39, 0.29) is 5.41 Å². The zero-order chi connectivity index (χ0) is 9.19. The van der Waals surface area contributed by atoms with E-state index in [2.05, 4.69) is 6.92 Å². The minimum atomic E-state index is -0.502. The first-order chi connectivity index (χ1) is 5.58. The molecular formula is C10H16O2. The molecule has 1 atom stereocenters. The zero-order valence-corrected chi connectivity index (χ0v) is 7.87. The lowest BCUT2D eigenvalue weighted by molar-refractivity contribution is 0.0287. The largest absolute Gasteiger partial charge is 0.467 e. The predicted octanol–water partition coefficient (Wildman–Crippen LogP) is 2.75. The van der Waals surface area contributed by atoms with Crippen LogP contribution in [-0.4, -0.2) is 5.11 Å². The minimum absolute atomic E-state index is 0.113. The molecule has 12 heavy (non-hydrogen) atoms. The molecule has 0 aromatic carbocycles. The summed E-state index contributed by atoms with van der Waals surface area (Å²) in [6.45, 7) is 6.12. The molecule has 0 fully saturated rings. The van der Waals surface area contributed by atoms with E-state index in [0.29, 0.717) is 5.76 Å². The number of hydrogen-bond donors (Lipinski definition) is 1. The summed E-state index contributed by atoms with van der Waals surface area (Å²) in [4.78, 5) is 0. The Labute approximate surface area is 73.2 Å². The Morgan fingerprint density at radius 1 is 1.58 bits per heavy atom. The van der Waals surface area contributed by atoms with E-state index in [9.17, 15) is 5.11 Å². The molecule has 0 radical (unpaired) electrons. The molecule has 0 bridgehead atoms. The Bertz CT molecular complexity index is 224. The highest BCUT2D eigenvalue weighted by atomic mass is 16.4. The predicted molar refractivity (Wildman–Crippen MR) is 47.7 cm³/mol. The Balaban J connectivity index is 2.78. The lowest BCUT2D eigenvalue weighted by Gasteiger charge is -2.27. The maximum absolute atomic E-state index is 9.84. The second-order valence-corrected chi connectivity index (χ2v) is 3.76. The van der Waals surface area contributed by atoms with E-state index < -0.39 is 6.10 Å². The molecule has 2 heteroatoms. The van der Waals surface area contributed by atoms with E-state index in [1.54, 1.807) is 12.3 Å². The van der Waals surface area contributed by atoms with Crippen LogP contribution in [0.5, 0.6) is 0 Å². The summed E-state index contributed by atoms with van der Waals surface area (Å²) in [6.07, 6.45) is 2.01. The van der Waals surface area contributed by atoms with Crippen molar-refractivity contribution in [3.63, 3.8) is 0 Å². The van der Waals surface area contributed by atoms with E-state index in [1.165, 1.54) is 0 Å². The Morgan fingerprint density at radius 3 is 2.67 bits per heavy atom. The fourth-order valence-electron chi connectivity index (χ4n) is 1.03. The van der Waals surface area contributed by atoms with E-state index in [0.717, 1.165) is 6.42 Å². The molecule has 0 aliphatic rings. The average molecular weight is 168 g/mol. The summed E-state index contributed by atoms with van der Waals surface area (Å²) in [6, 6.07) is 3.60. The van der Waals surface area contributed by atoms with E-state index in [1.807, 2.05) is 19.9 Å². The molecule has 68 valence electrons. The molecule has 1 aromatic heterocycles. The molecule has 0 saturated heterocycles. The van der Waals surface area contributed by atoms with Crippen LogP contribution in [0.15, 0.2) is 22.8 Å². The monoisotopic (exact) mass is 168 g/mol. The van der Waals surface area contributed by atoms with Gasteiger partial charge >= 0.3 is 0 Å². The van der Waals surface area contributed by atoms with Gasteiger partial charge in [-0.05, 0) is 24.0 Å². The van der Waals surface area contributed by atoms with Gasteiger partial charge in [0.05, 0.1) is 6.26 Å². The first kappa shape index (κ1) is 9.33. The lowest BCUT2D eigenvalue weighted by atomic mass is 9.83. The van der Waals surface area contributed by atoms with Crippen LogP contribution in [0.4, 0.5) is 0 Å². The number of furan rings is 1. The summed E-state index contributed by atoms with van der Waals surface area (Å²) in [5, 5.41) is 9.84. The van der Waals surface area contributed by atoms with Gasteiger partial charge in [-0.25, -0.2) is 0 Å². The molecule has 1 heterocycles.